The van der Waals surface area contributed by atoms with Crippen molar-refractivity contribution in [3.63, 3.8) is 0 Å². The largest absolute Gasteiger partial charge is 0.444 e. The zero-order valence-electron chi connectivity index (χ0n) is 16.9. The average molecular weight is 415 g/mol. The molecule has 0 bridgehead atoms. The zero-order chi connectivity index (χ0) is 21.7. The van der Waals surface area contributed by atoms with Crippen LogP contribution >= 0.6 is 0 Å². The van der Waals surface area contributed by atoms with Gasteiger partial charge in [0.15, 0.2) is 0 Å². The van der Waals surface area contributed by atoms with Crippen molar-refractivity contribution in [2.75, 3.05) is 23.7 Å². The summed E-state index contributed by atoms with van der Waals surface area (Å²) in [5, 5.41) is 8.42. The Morgan fingerprint density at radius 3 is 2.48 bits per heavy atom. The number of rotatable bonds is 9. The fourth-order valence-electron chi connectivity index (χ4n) is 2.71. The highest BCUT2D eigenvalue weighted by Crippen LogP contribution is 2.40. The number of ether oxygens (including phenoxy) is 1. The van der Waals surface area contributed by atoms with E-state index in [1.807, 2.05) is 0 Å². The Kier molecular flexibility index (Phi) is 7.37. The lowest BCUT2D eigenvalue weighted by molar-refractivity contribution is -0.136. The lowest BCUT2D eigenvalue weighted by Crippen LogP contribution is -2.42. The summed E-state index contributed by atoms with van der Waals surface area (Å²) in [7, 11) is 0. The summed E-state index contributed by atoms with van der Waals surface area (Å²) in [6.45, 7) is 5.66. The lowest BCUT2D eigenvalue weighted by Gasteiger charge is -2.24. The molecule has 0 spiro atoms. The van der Waals surface area contributed by atoms with E-state index in [-0.39, 0.29) is 24.3 Å². The van der Waals surface area contributed by atoms with E-state index in [1.165, 1.54) is 12.1 Å². The second-order valence-corrected chi connectivity index (χ2v) is 8.18. The van der Waals surface area contributed by atoms with Gasteiger partial charge in [0.1, 0.15) is 11.9 Å². The van der Waals surface area contributed by atoms with Crippen molar-refractivity contribution >= 4 is 23.8 Å². The topological polar surface area (TPSA) is 79.5 Å². The van der Waals surface area contributed by atoms with Crippen molar-refractivity contribution in [2.45, 2.75) is 57.9 Å². The molecule has 3 N–H and O–H groups in total. The molecule has 1 unspecified atom stereocenters. The molecule has 0 radical (unpaired) electrons. The Morgan fingerprint density at radius 2 is 1.93 bits per heavy atom. The van der Waals surface area contributed by atoms with E-state index >= 15 is 0 Å². The number of carbonyl (C=O) groups is 2. The van der Waals surface area contributed by atoms with Crippen molar-refractivity contribution < 1.29 is 27.5 Å². The van der Waals surface area contributed by atoms with Gasteiger partial charge < -0.3 is 25.5 Å². The van der Waals surface area contributed by atoms with Gasteiger partial charge >= 0.3 is 12.3 Å². The number of hydrogen-bond donors (Lipinski definition) is 3. The van der Waals surface area contributed by atoms with E-state index < -0.39 is 29.5 Å². The van der Waals surface area contributed by atoms with Gasteiger partial charge in [-0.25, -0.2) is 4.79 Å². The van der Waals surface area contributed by atoms with Gasteiger partial charge in [0, 0.05) is 19.5 Å². The minimum absolute atomic E-state index is 0.00393. The quantitative estimate of drug-likeness (QED) is 0.520. The van der Waals surface area contributed by atoms with Crippen LogP contribution in [-0.2, 0) is 15.7 Å². The zero-order valence-corrected chi connectivity index (χ0v) is 16.9. The number of halogens is 3. The van der Waals surface area contributed by atoms with Crippen LogP contribution in [0.3, 0.4) is 0 Å². The van der Waals surface area contributed by atoms with Crippen molar-refractivity contribution in [3.8, 4) is 0 Å². The summed E-state index contributed by atoms with van der Waals surface area (Å²) >= 11 is 0. The van der Waals surface area contributed by atoms with Gasteiger partial charge in [-0.1, -0.05) is 6.07 Å². The number of carbonyl (C=O) groups excluding carboxylic acids is 2. The third-order valence-corrected chi connectivity index (χ3v) is 4.27. The third kappa shape index (κ3) is 7.83. The van der Waals surface area contributed by atoms with E-state index in [4.69, 9.17) is 4.74 Å². The molecular formula is C20H28F3N3O3. The average Bonchev–Trinajstić information content (AvgIpc) is 3.40. The fraction of sp³-hybridized carbons (Fsp3) is 0.600. The first-order valence-corrected chi connectivity index (χ1v) is 9.60. The van der Waals surface area contributed by atoms with Gasteiger partial charge in [0.05, 0.1) is 23.0 Å². The molecule has 0 aliphatic heterocycles. The first-order chi connectivity index (χ1) is 13.5. The maximum Gasteiger partial charge on any atom is 0.418 e. The molecule has 1 aromatic rings. The molecule has 6 nitrogen and oxygen atoms in total. The fourth-order valence-corrected chi connectivity index (χ4v) is 2.71. The molecule has 1 aliphatic carbocycles. The molecule has 1 amide bonds. The Bertz CT molecular complexity index is 713. The van der Waals surface area contributed by atoms with Crippen molar-refractivity contribution in [3.05, 3.63) is 23.8 Å². The molecule has 1 fully saturated rings. The van der Waals surface area contributed by atoms with Crippen LogP contribution in [-0.4, -0.2) is 37.1 Å². The van der Waals surface area contributed by atoms with Crippen LogP contribution in [0.25, 0.3) is 0 Å². The highest BCUT2D eigenvalue weighted by molar-refractivity contribution is 5.74. The van der Waals surface area contributed by atoms with Crippen LogP contribution in [0.1, 0.15) is 45.6 Å². The molecule has 29 heavy (non-hydrogen) atoms. The number of anilines is 2. The minimum Gasteiger partial charge on any atom is -0.444 e. The normalized spacial score (nSPS) is 15.4. The number of amides is 1. The molecule has 1 atom stereocenters. The van der Waals surface area contributed by atoms with Gasteiger partial charge in [-0.2, -0.15) is 13.2 Å². The number of benzene rings is 1. The number of alkyl halides is 3. The van der Waals surface area contributed by atoms with Gasteiger partial charge in [-0.05, 0) is 51.7 Å². The standard InChI is InChI=1S/C20H28F3N3O3/c1-19(2,3)29-18(28)26-14(9-10-27)12-24-16-6-4-5-15(20(21,22)23)17(16)25-11-13-7-8-13/h4-6,10,13-14,24-25H,7-9,11-12H2,1-3H3,(H,26,28). The molecule has 0 saturated heterocycles. The highest BCUT2D eigenvalue weighted by Gasteiger charge is 2.35. The first kappa shape index (κ1) is 22.8. The first-order valence-electron chi connectivity index (χ1n) is 9.60. The summed E-state index contributed by atoms with van der Waals surface area (Å²) < 4.78 is 45.5. The summed E-state index contributed by atoms with van der Waals surface area (Å²) in [5.41, 5.74) is -1.21. The van der Waals surface area contributed by atoms with E-state index in [1.54, 1.807) is 20.8 Å². The molecular weight excluding hydrogens is 387 g/mol. The Balaban J connectivity index is 2.11. The maximum atomic E-state index is 13.4. The maximum absolute atomic E-state index is 13.4. The number of aldehydes is 1. The summed E-state index contributed by atoms with van der Waals surface area (Å²) in [6, 6.07) is 3.26. The predicted octanol–water partition coefficient (Wildman–Crippen LogP) is 4.42. The lowest BCUT2D eigenvalue weighted by atomic mass is 10.1. The van der Waals surface area contributed by atoms with E-state index in [9.17, 15) is 22.8 Å². The van der Waals surface area contributed by atoms with Crippen molar-refractivity contribution in [1.82, 2.24) is 5.32 Å². The molecule has 1 aromatic carbocycles. The SMILES string of the molecule is CC(C)(C)OC(=O)NC(CC=O)CNc1cccc(C(F)(F)F)c1NCC1CC1. The summed E-state index contributed by atoms with van der Waals surface area (Å²) in [4.78, 5) is 22.9. The number of alkyl carbamates (subject to hydrolysis) is 1. The van der Waals surface area contributed by atoms with Crippen LogP contribution < -0.4 is 16.0 Å². The van der Waals surface area contributed by atoms with Crippen molar-refractivity contribution in [2.24, 2.45) is 5.92 Å². The summed E-state index contributed by atoms with van der Waals surface area (Å²) in [6.07, 6.45) is -2.54. The summed E-state index contributed by atoms with van der Waals surface area (Å²) in [5.74, 6) is 0.390. The molecule has 1 saturated carbocycles. The number of para-hydroxylation sites is 1. The Morgan fingerprint density at radius 1 is 1.24 bits per heavy atom. The van der Waals surface area contributed by atoms with Gasteiger partial charge in [0.2, 0.25) is 0 Å². The highest BCUT2D eigenvalue weighted by atomic mass is 19.4. The third-order valence-electron chi connectivity index (χ3n) is 4.27. The van der Waals surface area contributed by atoms with Gasteiger partial charge in [0.25, 0.3) is 0 Å². The van der Waals surface area contributed by atoms with Crippen molar-refractivity contribution in [1.29, 1.82) is 0 Å². The van der Waals surface area contributed by atoms with E-state index in [0.717, 1.165) is 18.9 Å². The molecule has 162 valence electrons. The minimum atomic E-state index is -4.50. The van der Waals surface area contributed by atoms with Gasteiger partial charge in [-0.3, -0.25) is 0 Å². The molecule has 2 rings (SSSR count). The van der Waals surface area contributed by atoms with E-state index in [2.05, 4.69) is 16.0 Å². The number of hydrogen-bond acceptors (Lipinski definition) is 5. The van der Waals surface area contributed by atoms with Crippen LogP contribution in [0.15, 0.2) is 18.2 Å². The van der Waals surface area contributed by atoms with Crippen LogP contribution in [0.4, 0.5) is 29.3 Å². The van der Waals surface area contributed by atoms with Gasteiger partial charge in [-0.15, -0.1) is 0 Å². The molecule has 9 heteroatoms. The van der Waals surface area contributed by atoms with E-state index in [0.29, 0.717) is 18.7 Å². The van der Waals surface area contributed by atoms with Crippen LogP contribution in [0.2, 0.25) is 0 Å². The Hall–Kier alpha value is -2.45. The molecule has 0 heterocycles. The second kappa shape index (κ2) is 9.37. The second-order valence-electron chi connectivity index (χ2n) is 8.18. The van der Waals surface area contributed by atoms with Crippen LogP contribution in [0, 0.1) is 5.92 Å². The predicted molar refractivity (Wildman–Crippen MR) is 105 cm³/mol. The smallest absolute Gasteiger partial charge is 0.418 e. The number of nitrogens with one attached hydrogen (secondary N) is 3. The van der Waals surface area contributed by atoms with Crippen LogP contribution in [0.5, 0.6) is 0 Å². The Labute approximate surface area is 168 Å². The molecule has 0 aromatic heterocycles. The monoisotopic (exact) mass is 415 g/mol. The molecule has 1 aliphatic rings.